The van der Waals surface area contributed by atoms with Gasteiger partial charge in [0.15, 0.2) is 5.78 Å². The lowest BCUT2D eigenvalue weighted by Gasteiger charge is -2.04. The number of fused-ring (bicyclic) bond motifs is 1. The Balaban J connectivity index is 2.08. The largest absolute Gasteiger partial charge is 0.506 e. The lowest BCUT2D eigenvalue weighted by molar-refractivity contribution is 0.0527. The van der Waals surface area contributed by atoms with Crippen LogP contribution in [0.2, 0.25) is 0 Å². The molecule has 1 heterocycles. The Morgan fingerprint density at radius 1 is 1.23 bits per heavy atom. The van der Waals surface area contributed by atoms with Crippen molar-refractivity contribution in [3.05, 3.63) is 57.0 Å². The second kappa shape index (κ2) is 6.88. The standard InChI is InChI=1S/C20H19NO4S/c1-5-25-20(24)15-10(2)12(4)26-19(15)21-11(3)16-17(22)13-8-6-7-9-14(13)18(16)23/h6-9,22H,5H2,1-4H3. The molecule has 1 aromatic carbocycles. The molecule has 0 spiro atoms. The first-order chi connectivity index (χ1) is 12.4. The number of allylic oxidation sites excluding steroid dienone is 1. The van der Waals surface area contributed by atoms with E-state index in [4.69, 9.17) is 4.74 Å². The summed E-state index contributed by atoms with van der Waals surface area (Å²) in [5.41, 5.74) is 2.74. The molecular weight excluding hydrogens is 350 g/mol. The van der Waals surface area contributed by atoms with Gasteiger partial charge in [-0.2, -0.15) is 0 Å². The van der Waals surface area contributed by atoms with Crippen LogP contribution in [-0.2, 0) is 4.74 Å². The quantitative estimate of drug-likeness (QED) is 0.620. The summed E-state index contributed by atoms with van der Waals surface area (Å²) in [5, 5.41) is 11.0. The molecule has 0 saturated carbocycles. The molecule has 134 valence electrons. The third kappa shape index (κ3) is 2.86. The number of aliphatic hydroxyl groups excluding tert-OH is 1. The van der Waals surface area contributed by atoms with Gasteiger partial charge in [0.05, 0.1) is 23.5 Å². The van der Waals surface area contributed by atoms with Crippen molar-refractivity contribution in [3.8, 4) is 0 Å². The van der Waals surface area contributed by atoms with Crippen molar-refractivity contribution in [1.29, 1.82) is 0 Å². The van der Waals surface area contributed by atoms with E-state index in [9.17, 15) is 14.7 Å². The Bertz CT molecular complexity index is 982. The smallest absolute Gasteiger partial charge is 0.341 e. The number of Topliss-reactive ketones (excluding diaryl/α,β-unsaturated/α-hetero) is 1. The summed E-state index contributed by atoms with van der Waals surface area (Å²) in [5.74, 6) is -0.767. The van der Waals surface area contributed by atoms with Crippen molar-refractivity contribution >= 4 is 39.6 Å². The lowest BCUT2D eigenvalue weighted by Crippen LogP contribution is -2.08. The molecule has 0 amide bonds. The van der Waals surface area contributed by atoms with Crippen LogP contribution in [0.25, 0.3) is 5.76 Å². The van der Waals surface area contributed by atoms with Gasteiger partial charge in [0.1, 0.15) is 10.8 Å². The van der Waals surface area contributed by atoms with Gasteiger partial charge in [0, 0.05) is 16.0 Å². The van der Waals surface area contributed by atoms with Gasteiger partial charge in [-0.1, -0.05) is 24.3 Å². The number of esters is 1. The molecule has 1 aliphatic carbocycles. The molecule has 1 aliphatic rings. The number of aliphatic hydroxyl groups is 1. The van der Waals surface area contributed by atoms with E-state index in [-0.39, 0.29) is 23.7 Å². The molecule has 0 saturated heterocycles. The van der Waals surface area contributed by atoms with Crippen molar-refractivity contribution in [3.63, 3.8) is 0 Å². The summed E-state index contributed by atoms with van der Waals surface area (Å²) in [7, 11) is 0. The molecule has 0 unspecified atom stereocenters. The van der Waals surface area contributed by atoms with Gasteiger partial charge in [-0.05, 0) is 33.3 Å². The van der Waals surface area contributed by atoms with E-state index in [0.717, 1.165) is 10.4 Å². The molecule has 0 atom stereocenters. The second-order valence-electron chi connectivity index (χ2n) is 5.98. The minimum atomic E-state index is -0.430. The topological polar surface area (TPSA) is 76.0 Å². The summed E-state index contributed by atoms with van der Waals surface area (Å²) in [6.07, 6.45) is 0. The van der Waals surface area contributed by atoms with Crippen molar-refractivity contribution in [1.82, 2.24) is 0 Å². The zero-order chi connectivity index (χ0) is 19.0. The maximum absolute atomic E-state index is 12.6. The minimum Gasteiger partial charge on any atom is -0.506 e. The average molecular weight is 369 g/mol. The molecule has 0 bridgehead atoms. The highest BCUT2D eigenvalue weighted by Gasteiger charge is 2.31. The molecule has 0 aliphatic heterocycles. The summed E-state index contributed by atoms with van der Waals surface area (Å²) in [4.78, 5) is 30.4. The first-order valence-corrected chi connectivity index (χ1v) is 9.08. The molecule has 0 radical (unpaired) electrons. The van der Waals surface area contributed by atoms with Crippen LogP contribution in [0.15, 0.2) is 34.8 Å². The van der Waals surface area contributed by atoms with Gasteiger partial charge < -0.3 is 9.84 Å². The van der Waals surface area contributed by atoms with Crippen LogP contribution in [0.4, 0.5) is 5.00 Å². The number of thiophene rings is 1. The third-order valence-corrected chi connectivity index (χ3v) is 5.47. The molecule has 2 aromatic rings. The Morgan fingerprint density at radius 2 is 1.88 bits per heavy atom. The number of aliphatic imine (C=N–C) groups is 1. The first-order valence-electron chi connectivity index (χ1n) is 8.26. The minimum absolute atomic E-state index is 0.0745. The molecule has 26 heavy (non-hydrogen) atoms. The first kappa shape index (κ1) is 18.1. The Kier molecular flexibility index (Phi) is 4.78. The second-order valence-corrected chi connectivity index (χ2v) is 7.18. The summed E-state index contributed by atoms with van der Waals surface area (Å²) >= 11 is 1.36. The van der Waals surface area contributed by atoms with Crippen LogP contribution >= 0.6 is 11.3 Å². The third-order valence-electron chi connectivity index (χ3n) is 4.37. The van der Waals surface area contributed by atoms with Gasteiger partial charge in [-0.15, -0.1) is 11.3 Å². The summed E-state index contributed by atoms with van der Waals surface area (Å²) < 4.78 is 5.13. The van der Waals surface area contributed by atoms with Crippen molar-refractivity contribution in [2.45, 2.75) is 27.7 Å². The van der Waals surface area contributed by atoms with E-state index < -0.39 is 5.97 Å². The maximum atomic E-state index is 12.6. The van der Waals surface area contributed by atoms with E-state index in [1.807, 2.05) is 13.8 Å². The highest BCUT2D eigenvalue weighted by molar-refractivity contribution is 7.16. The number of nitrogens with zero attached hydrogens (tertiary/aromatic N) is 1. The fourth-order valence-electron chi connectivity index (χ4n) is 2.94. The van der Waals surface area contributed by atoms with Gasteiger partial charge in [0.2, 0.25) is 0 Å². The normalized spacial score (nSPS) is 14.0. The van der Waals surface area contributed by atoms with Crippen LogP contribution in [0.1, 0.15) is 50.6 Å². The number of ether oxygens (including phenoxy) is 1. The molecule has 1 aromatic heterocycles. The summed E-state index contributed by atoms with van der Waals surface area (Å²) in [6.45, 7) is 7.44. The number of ketones is 1. The zero-order valence-corrected chi connectivity index (χ0v) is 15.9. The van der Waals surface area contributed by atoms with E-state index in [1.165, 1.54) is 11.3 Å². The van der Waals surface area contributed by atoms with Gasteiger partial charge >= 0.3 is 5.97 Å². The molecule has 3 rings (SSSR count). The van der Waals surface area contributed by atoms with Crippen LogP contribution in [0.3, 0.4) is 0 Å². The molecular formula is C20H19NO4S. The maximum Gasteiger partial charge on any atom is 0.341 e. The predicted octanol–water partition coefficient (Wildman–Crippen LogP) is 4.80. The number of carbonyl (C=O) groups is 2. The van der Waals surface area contributed by atoms with E-state index in [2.05, 4.69) is 4.99 Å². The highest BCUT2D eigenvalue weighted by atomic mass is 32.1. The molecule has 5 nitrogen and oxygen atoms in total. The molecule has 1 N–H and O–H groups in total. The van der Waals surface area contributed by atoms with Crippen molar-refractivity contribution in [2.24, 2.45) is 4.99 Å². The van der Waals surface area contributed by atoms with Gasteiger partial charge in [0.25, 0.3) is 0 Å². The highest BCUT2D eigenvalue weighted by Crippen LogP contribution is 2.37. The fourth-order valence-corrected chi connectivity index (χ4v) is 4.01. The number of rotatable bonds is 4. The van der Waals surface area contributed by atoms with E-state index >= 15 is 0 Å². The number of hydrogen-bond acceptors (Lipinski definition) is 6. The monoisotopic (exact) mass is 369 g/mol. The number of hydrogen-bond donors (Lipinski definition) is 1. The number of aryl methyl sites for hydroxylation is 1. The Labute approximate surface area is 155 Å². The number of benzene rings is 1. The van der Waals surface area contributed by atoms with Crippen LogP contribution < -0.4 is 0 Å². The Morgan fingerprint density at radius 3 is 2.50 bits per heavy atom. The van der Waals surface area contributed by atoms with E-state index in [0.29, 0.717) is 27.4 Å². The Hall–Kier alpha value is -2.73. The predicted molar refractivity (Wildman–Crippen MR) is 103 cm³/mol. The summed E-state index contributed by atoms with van der Waals surface area (Å²) in [6, 6.07) is 6.90. The van der Waals surface area contributed by atoms with Crippen LogP contribution in [-0.4, -0.2) is 29.2 Å². The van der Waals surface area contributed by atoms with Crippen LogP contribution in [0.5, 0.6) is 0 Å². The molecule has 0 fully saturated rings. The van der Waals surface area contributed by atoms with Crippen molar-refractivity contribution in [2.75, 3.05) is 6.61 Å². The van der Waals surface area contributed by atoms with E-state index in [1.54, 1.807) is 38.1 Å². The number of carbonyl (C=O) groups excluding carboxylic acids is 2. The average Bonchev–Trinajstić information content (AvgIpc) is 3.02. The van der Waals surface area contributed by atoms with Crippen molar-refractivity contribution < 1.29 is 19.4 Å². The lowest BCUT2D eigenvalue weighted by atomic mass is 10.1. The fraction of sp³-hybridized carbons (Fsp3) is 0.250. The molecule has 6 heteroatoms. The SMILES string of the molecule is CCOC(=O)c1c(N=C(C)C2=C(O)c3ccccc3C2=O)sc(C)c1C. The van der Waals surface area contributed by atoms with Crippen LogP contribution in [0, 0.1) is 13.8 Å². The zero-order valence-electron chi connectivity index (χ0n) is 15.0. The van der Waals surface area contributed by atoms with Gasteiger partial charge in [-0.25, -0.2) is 9.79 Å². The van der Waals surface area contributed by atoms with Gasteiger partial charge in [-0.3, -0.25) is 4.79 Å².